The lowest BCUT2D eigenvalue weighted by Gasteiger charge is -2.04. The highest BCUT2D eigenvalue weighted by Crippen LogP contribution is 2.22. The van der Waals surface area contributed by atoms with Crippen molar-refractivity contribution in [3.63, 3.8) is 0 Å². The number of hydrogen-bond acceptors (Lipinski definition) is 4. The van der Waals surface area contributed by atoms with Crippen molar-refractivity contribution in [3.05, 3.63) is 42.0 Å². The topological polar surface area (TPSA) is 67.3 Å². The Labute approximate surface area is 106 Å². The molecule has 0 atom stereocenters. The first-order valence-corrected chi connectivity index (χ1v) is 7.23. The summed E-state index contributed by atoms with van der Waals surface area (Å²) in [5, 5.41) is 9.43. The minimum atomic E-state index is -3.19. The van der Waals surface area contributed by atoms with Gasteiger partial charge in [-0.2, -0.15) is 0 Å². The van der Waals surface area contributed by atoms with E-state index in [1.165, 1.54) is 18.4 Å². The fourth-order valence-corrected chi connectivity index (χ4v) is 2.30. The molecule has 0 bridgehead atoms. The van der Waals surface area contributed by atoms with E-state index in [1.807, 2.05) is 13.0 Å². The van der Waals surface area contributed by atoms with E-state index in [-0.39, 0.29) is 10.8 Å². The average molecular weight is 263 g/mol. The predicted molar refractivity (Wildman–Crippen MR) is 69.2 cm³/mol. The van der Waals surface area contributed by atoms with Gasteiger partial charge in [0.1, 0.15) is 0 Å². The van der Waals surface area contributed by atoms with Gasteiger partial charge < -0.3 is 5.11 Å². The van der Waals surface area contributed by atoms with Crippen LogP contribution >= 0.6 is 0 Å². The molecule has 0 unspecified atom stereocenters. The van der Waals surface area contributed by atoms with Gasteiger partial charge in [0.2, 0.25) is 5.88 Å². The van der Waals surface area contributed by atoms with E-state index in [2.05, 4.69) is 4.98 Å². The molecule has 0 aliphatic heterocycles. The van der Waals surface area contributed by atoms with Crippen LogP contribution in [0.3, 0.4) is 0 Å². The summed E-state index contributed by atoms with van der Waals surface area (Å²) in [7, 11) is -3.19. The second kappa shape index (κ2) is 4.42. The largest absolute Gasteiger partial charge is 0.493 e. The standard InChI is InChI=1S/C13H13NO3S/c1-9-7-12(14-13(15)8-9)10-3-5-11(6-4-10)18(2,16)17/h3-8H,1-2H3,(H,14,15). The number of aromatic nitrogens is 1. The van der Waals surface area contributed by atoms with Gasteiger partial charge in [-0.05, 0) is 30.7 Å². The van der Waals surface area contributed by atoms with E-state index in [9.17, 15) is 13.5 Å². The quantitative estimate of drug-likeness (QED) is 0.901. The molecule has 2 aromatic rings. The summed E-state index contributed by atoms with van der Waals surface area (Å²) in [6.45, 7) is 1.86. The molecule has 0 radical (unpaired) electrons. The van der Waals surface area contributed by atoms with Crippen LogP contribution in [0.4, 0.5) is 0 Å². The number of rotatable bonds is 2. The molecule has 2 rings (SSSR count). The molecule has 1 heterocycles. The lowest BCUT2D eigenvalue weighted by Crippen LogP contribution is -1.96. The predicted octanol–water partition coefficient (Wildman–Crippen LogP) is 2.17. The summed E-state index contributed by atoms with van der Waals surface area (Å²) >= 11 is 0. The van der Waals surface area contributed by atoms with Crippen molar-refractivity contribution >= 4 is 9.84 Å². The van der Waals surface area contributed by atoms with Crippen molar-refractivity contribution in [3.8, 4) is 17.1 Å². The van der Waals surface area contributed by atoms with E-state index < -0.39 is 9.84 Å². The van der Waals surface area contributed by atoms with Crippen LogP contribution in [-0.2, 0) is 9.84 Å². The number of aryl methyl sites for hydroxylation is 1. The van der Waals surface area contributed by atoms with Gasteiger partial charge in [0, 0.05) is 17.9 Å². The fourth-order valence-electron chi connectivity index (χ4n) is 1.67. The molecule has 0 fully saturated rings. The van der Waals surface area contributed by atoms with Gasteiger partial charge in [0.05, 0.1) is 10.6 Å². The Morgan fingerprint density at radius 3 is 2.22 bits per heavy atom. The highest BCUT2D eigenvalue weighted by atomic mass is 32.2. The maximum atomic E-state index is 11.3. The summed E-state index contributed by atoms with van der Waals surface area (Å²) in [6, 6.07) is 9.82. The van der Waals surface area contributed by atoms with E-state index in [4.69, 9.17) is 0 Å². The lowest BCUT2D eigenvalue weighted by atomic mass is 10.1. The molecule has 0 aliphatic rings. The number of benzene rings is 1. The van der Waals surface area contributed by atoms with Crippen LogP contribution < -0.4 is 0 Å². The summed E-state index contributed by atoms with van der Waals surface area (Å²) < 4.78 is 22.7. The zero-order valence-electron chi connectivity index (χ0n) is 10.1. The molecular formula is C13H13NO3S. The average Bonchev–Trinajstić information content (AvgIpc) is 2.27. The number of pyridine rings is 1. The van der Waals surface area contributed by atoms with Crippen LogP contribution in [0.15, 0.2) is 41.3 Å². The molecule has 1 aromatic heterocycles. The Balaban J connectivity index is 2.46. The Hall–Kier alpha value is -1.88. The monoisotopic (exact) mass is 263 g/mol. The van der Waals surface area contributed by atoms with Gasteiger partial charge in [0.15, 0.2) is 9.84 Å². The maximum absolute atomic E-state index is 11.3. The second-order valence-electron chi connectivity index (χ2n) is 4.18. The zero-order valence-corrected chi connectivity index (χ0v) is 10.9. The van der Waals surface area contributed by atoms with Crippen LogP contribution in [0.2, 0.25) is 0 Å². The molecule has 94 valence electrons. The summed E-state index contributed by atoms with van der Waals surface area (Å²) in [4.78, 5) is 4.27. The number of hydrogen-bond donors (Lipinski definition) is 1. The molecule has 5 heteroatoms. The molecular weight excluding hydrogens is 250 g/mol. The maximum Gasteiger partial charge on any atom is 0.211 e. The normalized spacial score (nSPS) is 11.4. The molecule has 1 aromatic carbocycles. The Bertz CT molecular complexity index is 656. The van der Waals surface area contributed by atoms with Gasteiger partial charge in [0.25, 0.3) is 0 Å². The molecule has 1 N–H and O–H groups in total. The fraction of sp³-hybridized carbons (Fsp3) is 0.154. The molecule has 4 nitrogen and oxygen atoms in total. The minimum absolute atomic E-state index is 0.0443. The van der Waals surface area contributed by atoms with Crippen LogP contribution in [0.25, 0.3) is 11.3 Å². The van der Waals surface area contributed by atoms with E-state index in [0.717, 1.165) is 11.1 Å². The molecule has 18 heavy (non-hydrogen) atoms. The number of aromatic hydroxyl groups is 1. The third kappa shape index (κ3) is 2.68. The van der Waals surface area contributed by atoms with Gasteiger partial charge in [-0.3, -0.25) is 0 Å². The first-order chi connectivity index (χ1) is 8.36. The highest BCUT2D eigenvalue weighted by molar-refractivity contribution is 7.90. The van der Waals surface area contributed by atoms with Crippen LogP contribution in [0, 0.1) is 6.92 Å². The van der Waals surface area contributed by atoms with Crippen LogP contribution in [-0.4, -0.2) is 24.8 Å². The summed E-state index contributed by atoms with van der Waals surface area (Å²) in [5.41, 5.74) is 2.28. The Morgan fingerprint density at radius 1 is 1.11 bits per heavy atom. The highest BCUT2D eigenvalue weighted by Gasteiger charge is 2.08. The first-order valence-electron chi connectivity index (χ1n) is 5.34. The lowest BCUT2D eigenvalue weighted by molar-refractivity contribution is 0.454. The van der Waals surface area contributed by atoms with Crippen LogP contribution in [0.5, 0.6) is 5.88 Å². The smallest absolute Gasteiger partial charge is 0.211 e. The molecule has 0 spiro atoms. The van der Waals surface area contributed by atoms with E-state index >= 15 is 0 Å². The Morgan fingerprint density at radius 2 is 1.72 bits per heavy atom. The van der Waals surface area contributed by atoms with Crippen molar-refractivity contribution in [1.82, 2.24) is 4.98 Å². The second-order valence-corrected chi connectivity index (χ2v) is 6.20. The summed E-state index contributed by atoms with van der Waals surface area (Å²) in [5.74, 6) is -0.0443. The van der Waals surface area contributed by atoms with Gasteiger partial charge in [-0.25, -0.2) is 13.4 Å². The molecule has 0 saturated heterocycles. The van der Waals surface area contributed by atoms with Crippen molar-refractivity contribution in [2.45, 2.75) is 11.8 Å². The first kappa shape index (κ1) is 12.6. The van der Waals surface area contributed by atoms with Crippen molar-refractivity contribution < 1.29 is 13.5 Å². The van der Waals surface area contributed by atoms with Crippen molar-refractivity contribution in [2.75, 3.05) is 6.26 Å². The summed E-state index contributed by atoms with van der Waals surface area (Å²) in [6.07, 6.45) is 1.17. The molecule has 0 saturated carbocycles. The van der Waals surface area contributed by atoms with Crippen LogP contribution in [0.1, 0.15) is 5.56 Å². The number of sulfone groups is 1. The SMILES string of the molecule is Cc1cc(O)nc(-c2ccc(S(C)(=O)=O)cc2)c1. The van der Waals surface area contributed by atoms with Crippen molar-refractivity contribution in [2.24, 2.45) is 0 Å². The minimum Gasteiger partial charge on any atom is -0.493 e. The van der Waals surface area contributed by atoms with E-state index in [0.29, 0.717) is 5.69 Å². The third-order valence-corrected chi connectivity index (χ3v) is 3.66. The van der Waals surface area contributed by atoms with E-state index in [1.54, 1.807) is 18.2 Å². The third-order valence-electron chi connectivity index (χ3n) is 2.53. The molecule has 0 aliphatic carbocycles. The van der Waals surface area contributed by atoms with Gasteiger partial charge in [-0.15, -0.1) is 0 Å². The number of nitrogens with zero attached hydrogens (tertiary/aromatic N) is 1. The van der Waals surface area contributed by atoms with Gasteiger partial charge >= 0.3 is 0 Å². The Kier molecular flexibility index (Phi) is 3.09. The zero-order chi connectivity index (χ0) is 13.3. The van der Waals surface area contributed by atoms with Crippen molar-refractivity contribution in [1.29, 1.82) is 0 Å². The van der Waals surface area contributed by atoms with Gasteiger partial charge in [-0.1, -0.05) is 12.1 Å². The molecule has 0 amide bonds.